The number of benzene rings is 1. The molecule has 0 bridgehead atoms. The van der Waals surface area contributed by atoms with Crippen LogP contribution in [0.15, 0.2) is 27.5 Å². The highest BCUT2D eigenvalue weighted by molar-refractivity contribution is 7.90. The molecule has 2 rings (SSSR count). The van der Waals surface area contributed by atoms with E-state index < -0.39 is 27.6 Å². The molecule has 8 heteroatoms. The van der Waals surface area contributed by atoms with Crippen molar-refractivity contribution < 1.29 is 21.6 Å². The molecule has 1 aromatic rings. The van der Waals surface area contributed by atoms with Crippen LogP contribution >= 0.6 is 0 Å². The van der Waals surface area contributed by atoms with E-state index in [1.54, 1.807) is 0 Å². The molecule has 0 aliphatic carbocycles. The van der Waals surface area contributed by atoms with Crippen LogP contribution < -0.4 is 5.73 Å². The number of nitrogens with zero attached hydrogens (tertiary/aromatic N) is 1. The molecule has 0 unspecified atom stereocenters. The van der Waals surface area contributed by atoms with Gasteiger partial charge < -0.3 is 5.73 Å². The largest absolute Gasteiger partial charge is 0.416 e. The van der Waals surface area contributed by atoms with Crippen LogP contribution in [-0.4, -0.2) is 14.3 Å². The first-order valence-electron chi connectivity index (χ1n) is 4.04. The number of fused-ring (bicyclic) bond motifs is 1. The standard InChI is InChI=1S/C8H5F3N2O2S/c9-8(10,11)4-1-2-6-5(3-4)7(12)13-16(6,14)15/h1-3H,(H2,12,13). The minimum atomic E-state index is -4.54. The van der Waals surface area contributed by atoms with Crippen molar-refractivity contribution in [3.63, 3.8) is 0 Å². The van der Waals surface area contributed by atoms with Gasteiger partial charge in [-0.05, 0) is 18.2 Å². The molecule has 0 fully saturated rings. The minimum absolute atomic E-state index is 0.199. The molecule has 0 aromatic heterocycles. The van der Waals surface area contributed by atoms with Crippen molar-refractivity contribution in [3.8, 4) is 0 Å². The van der Waals surface area contributed by atoms with Gasteiger partial charge in [0, 0.05) is 5.56 Å². The number of nitrogens with two attached hydrogens (primary N) is 1. The zero-order valence-corrected chi connectivity index (χ0v) is 8.43. The molecule has 1 aliphatic heterocycles. The third-order valence-corrected chi connectivity index (χ3v) is 3.43. The fourth-order valence-electron chi connectivity index (χ4n) is 1.36. The van der Waals surface area contributed by atoms with Gasteiger partial charge >= 0.3 is 6.18 Å². The van der Waals surface area contributed by atoms with Gasteiger partial charge in [0.25, 0.3) is 10.0 Å². The van der Waals surface area contributed by atoms with Gasteiger partial charge in [0.1, 0.15) is 10.7 Å². The quantitative estimate of drug-likeness (QED) is 0.749. The summed E-state index contributed by atoms with van der Waals surface area (Å²) in [7, 11) is -3.92. The SMILES string of the molecule is NC1=NS(=O)(=O)c2ccc(C(F)(F)F)cc21. The Morgan fingerprint density at radius 2 is 1.88 bits per heavy atom. The monoisotopic (exact) mass is 250 g/mol. The second kappa shape index (κ2) is 2.97. The minimum Gasteiger partial charge on any atom is -0.382 e. The van der Waals surface area contributed by atoms with Crippen LogP contribution in [-0.2, 0) is 16.2 Å². The molecular formula is C8H5F3N2O2S. The van der Waals surface area contributed by atoms with E-state index in [-0.39, 0.29) is 10.5 Å². The van der Waals surface area contributed by atoms with E-state index >= 15 is 0 Å². The van der Waals surface area contributed by atoms with E-state index in [4.69, 9.17) is 5.73 Å². The zero-order chi connectivity index (χ0) is 12.1. The Morgan fingerprint density at radius 3 is 2.44 bits per heavy atom. The van der Waals surface area contributed by atoms with Crippen LogP contribution in [0.2, 0.25) is 0 Å². The van der Waals surface area contributed by atoms with E-state index in [0.717, 1.165) is 6.07 Å². The summed E-state index contributed by atoms with van der Waals surface area (Å²) in [6, 6.07) is 2.22. The van der Waals surface area contributed by atoms with E-state index in [1.165, 1.54) is 0 Å². The summed E-state index contributed by atoms with van der Waals surface area (Å²) in [6.07, 6.45) is -4.54. The molecular weight excluding hydrogens is 245 g/mol. The van der Waals surface area contributed by atoms with Gasteiger partial charge in [-0.2, -0.15) is 21.6 Å². The number of rotatable bonds is 0. The van der Waals surface area contributed by atoms with Crippen molar-refractivity contribution in [2.45, 2.75) is 11.1 Å². The molecule has 1 aromatic carbocycles. The first-order chi connectivity index (χ1) is 7.22. The number of sulfonamides is 1. The maximum absolute atomic E-state index is 12.3. The summed E-state index contributed by atoms with van der Waals surface area (Å²) in [6.45, 7) is 0. The van der Waals surface area contributed by atoms with Crippen molar-refractivity contribution in [1.29, 1.82) is 0 Å². The number of hydrogen-bond donors (Lipinski definition) is 1. The molecule has 1 aliphatic rings. The number of hydrogen-bond acceptors (Lipinski definition) is 3. The van der Waals surface area contributed by atoms with Gasteiger partial charge in [-0.15, -0.1) is 4.40 Å². The number of halogens is 3. The Morgan fingerprint density at radius 1 is 1.25 bits per heavy atom. The van der Waals surface area contributed by atoms with Crippen LogP contribution in [0.5, 0.6) is 0 Å². The van der Waals surface area contributed by atoms with Crippen molar-refractivity contribution in [3.05, 3.63) is 29.3 Å². The Labute approximate surface area is 88.6 Å². The summed E-state index contributed by atoms with van der Waals surface area (Å²) in [5.74, 6) is -0.416. The van der Waals surface area contributed by atoms with E-state index in [2.05, 4.69) is 4.40 Å². The second-order valence-corrected chi connectivity index (χ2v) is 4.73. The smallest absolute Gasteiger partial charge is 0.382 e. The maximum atomic E-state index is 12.3. The Bertz CT molecular complexity index is 590. The number of alkyl halides is 3. The van der Waals surface area contributed by atoms with E-state index in [0.29, 0.717) is 12.1 Å². The molecule has 0 radical (unpaired) electrons. The Balaban J connectivity index is 2.68. The third-order valence-electron chi connectivity index (χ3n) is 2.08. The molecule has 0 spiro atoms. The second-order valence-electron chi connectivity index (χ2n) is 3.16. The Hall–Kier alpha value is -1.57. The van der Waals surface area contributed by atoms with E-state index in [1.807, 2.05) is 0 Å². The maximum Gasteiger partial charge on any atom is 0.416 e. The topological polar surface area (TPSA) is 72.5 Å². The van der Waals surface area contributed by atoms with Crippen LogP contribution in [0.25, 0.3) is 0 Å². The lowest BCUT2D eigenvalue weighted by molar-refractivity contribution is -0.137. The van der Waals surface area contributed by atoms with Crippen LogP contribution in [0, 0.1) is 0 Å². The summed E-state index contributed by atoms with van der Waals surface area (Å²) in [5.41, 5.74) is 4.08. The normalized spacial score (nSPS) is 18.1. The van der Waals surface area contributed by atoms with E-state index in [9.17, 15) is 21.6 Å². The first kappa shape index (κ1) is 10.9. The average Bonchev–Trinajstić information content (AvgIpc) is 2.36. The summed E-state index contributed by atoms with van der Waals surface area (Å²) in [5, 5.41) is 0. The molecule has 16 heavy (non-hydrogen) atoms. The predicted molar refractivity (Wildman–Crippen MR) is 49.4 cm³/mol. The van der Waals surface area contributed by atoms with Crippen molar-refractivity contribution >= 4 is 15.9 Å². The highest BCUT2D eigenvalue weighted by Crippen LogP contribution is 2.33. The molecule has 0 atom stereocenters. The lowest BCUT2D eigenvalue weighted by Gasteiger charge is -2.07. The predicted octanol–water partition coefficient (Wildman–Crippen LogP) is 1.11. The average molecular weight is 250 g/mol. The highest BCUT2D eigenvalue weighted by Gasteiger charge is 2.34. The molecule has 1 heterocycles. The molecule has 2 N–H and O–H groups in total. The number of amidine groups is 1. The van der Waals surface area contributed by atoms with Crippen molar-refractivity contribution in [2.75, 3.05) is 0 Å². The van der Waals surface area contributed by atoms with Crippen molar-refractivity contribution in [1.82, 2.24) is 0 Å². The van der Waals surface area contributed by atoms with Crippen LogP contribution in [0.1, 0.15) is 11.1 Å². The summed E-state index contributed by atoms with van der Waals surface area (Å²) < 4.78 is 62.7. The van der Waals surface area contributed by atoms with Gasteiger partial charge in [-0.1, -0.05) is 0 Å². The fraction of sp³-hybridized carbons (Fsp3) is 0.125. The third kappa shape index (κ3) is 1.54. The van der Waals surface area contributed by atoms with Crippen molar-refractivity contribution in [2.24, 2.45) is 10.1 Å². The van der Waals surface area contributed by atoms with Gasteiger partial charge in [-0.3, -0.25) is 0 Å². The summed E-state index contributed by atoms with van der Waals surface area (Å²) in [4.78, 5) is -0.294. The van der Waals surface area contributed by atoms with Crippen LogP contribution in [0.4, 0.5) is 13.2 Å². The van der Waals surface area contributed by atoms with Gasteiger partial charge in [0.05, 0.1) is 5.56 Å². The molecule has 0 saturated heterocycles. The molecule has 86 valence electrons. The lowest BCUT2D eigenvalue weighted by atomic mass is 10.1. The first-order valence-corrected chi connectivity index (χ1v) is 5.48. The van der Waals surface area contributed by atoms with Crippen LogP contribution in [0.3, 0.4) is 0 Å². The molecule has 0 saturated carbocycles. The zero-order valence-electron chi connectivity index (χ0n) is 7.62. The van der Waals surface area contributed by atoms with Gasteiger partial charge in [-0.25, -0.2) is 0 Å². The Kier molecular flexibility index (Phi) is 2.03. The van der Waals surface area contributed by atoms with Gasteiger partial charge in [0.15, 0.2) is 0 Å². The lowest BCUT2D eigenvalue weighted by Crippen LogP contribution is -2.12. The van der Waals surface area contributed by atoms with Gasteiger partial charge in [0.2, 0.25) is 0 Å². The molecule has 0 amide bonds. The highest BCUT2D eigenvalue weighted by atomic mass is 32.2. The fourth-order valence-corrected chi connectivity index (χ4v) is 2.50. The molecule has 4 nitrogen and oxygen atoms in total. The summed E-state index contributed by atoms with van der Waals surface area (Å²) >= 11 is 0.